The lowest BCUT2D eigenvalue weighted by atomic mass is 10.1. The molecule has 0 aliphatic rings. The van der Waals surface area contributed by atoms with E-state index in [9.17, 15) is 14.3 Å². The second-order valence-corrected chi connectivity index (χ2v) is 4.96. The van der Waals surface area contributed by atoms with E-state index >= 15 is 0 Å². The van der Waals surface area contributed by atoms with Crippen molar-refractivity contribution in [3.63, 3.8) is 0 Å². The number of methoxy groups -OCH3 is 1. The van der Waals surface area contributed by atoms with Gasteiger partial charge in [0, 0.05) is 0 Å². The summed E-state index contributed by atoms with van der Waals surface area (Å²) in [5.74, 6) is 0.246. The molecule has 0 bridgehead atoms. The Morgan fingerprint density at radius 1 is 1.39 bits per heavy atom. The van der Waals surface area contributed by atoms with Gasteiger partial charge in [-0.15, -0.1) is 0 Å². The van der Waals surface area contributed by atoms with Crippen molar-refractivity contribution in [3.05, 3.63) is 53.7 Å². The number of aliphatic hydroxyl groups excluding tert-OH is 1. The van der Waals surface area contributed by atoms with Crippen LogP contribution in [0.2, 0.25) is 0 Å². The summed E-state index contributed by atoms with van der Waals surface area (Å²) in [7, 11) is 1.44. The molecule has 3 N–H and O–H groups in total. The van der Waals surface area contributed by atoms with Crippen molar-refractivity contribution >= 4 is 6.03 Å². The molecule has 6 nitrogen and oxygen atoms in total. The Labute approximate surface area is 133 Å². The van der Waals surface area contributed by atoms with Crippen LogP contribution in [-0.4, -0.2) is 24.8 Å². The molecule has 2 aromatic rings. The average molecular weight is 322 g/mol. The number of urea groups is 1. The van der Waals surface area contributed by atoms with Crippen LogP contribution in [0, 0.1) is 5.82 Å². The molecule has 124 valence electrons. The van der Waals surface area contributed by atoms with Crippen LogP contribution in [0.4, 0.5) is 9.18 Å². The van der Waals surface area contributed by atoms with Gasteiger partial charge >= 0.3 is 6.03 Å². The summed E-state index contributed by atoms with van der Waals surface area (Å²) >= 11 is 0. The Balaban J connectivity index is 1.92. The molecule has 0 aliphatic carbocycles. The molecule has 0 saturated carbocycles. The summed E-state index contributed by atoms with van der Waals surface area (Å²) in [6.45, 7) is 1.62. The Bertz CT molecular complexity index is 646. The molecule has 0 saturated heterocycles. The van der Waals surface area contributed by atoms with Gasteiger partial charge in [-0.3, -0.25) is 0 Å². The van der Waals surface area contributed by atoms with Crippen molar-refractivity contribution in [3.8, 4) is 5.75 Å². The highest BCUT2D eigenvalue weighted by atomic mass is 19.1. The first-order chi connectivity index (χ1) is 11.0. The van der Waals surface area contributed by atoms with Crippen LogP contribution in [0.25, 0.3) is 0 Å². The Kier molecular flexibility index (Phi) is 5.59. The fourth-order valence-corrected chi connectivity index (χ4v) is 2.21. The first-order valence-corrected chi connectivity index (χ1v) is 7.11. The maximum absolute atomic E-state index is 13.9. The molecule has 1 aromatic carbocycles. The van der Waals surface area contributed by atoms with Crippen molar-refractivity contribution < 1.29 is 23.4 Å². The number of aliphatic hydroxyl groups is 1. The second kappa shape index (κ2) is 7.64. The van der Waals surface area contributed by atoms with Crippen molar-refractivity contribution in [1.29, 1.82) is 0 Å². The monoisotopic (exact) mass is 322 g/mol. The summed E-state index contributed by atoms with van der Waals surface area (Å²) in [5, 5.41) is 14.9. The number of carbonyl (C=O) groups is 1. The van der Waals surface area contributed by atoms with Gasteiger partial charge in [-0.25, -0.2) is 9.18 Å². The number of halogens is 1. The van der Waals surface area contributed by atoms with E-state index < -0.39 is 24.0 Å². The molecule has 0 unspecified atom stereocenters. The predicted octanol–water partition coefficient (Wildman–Crippen LogP) is 2.52. The highest BCUT2D eigenvalue weighted by molar-refractivity contribution is 5.74. The molecule has 1 heterocycles. The zero-order valence-corrected chi connectivity index (χ0v) is 12.9. The minimum absolute atomic E-state index is 0.0273. The van der Waals surface area contributed by atoms with Crippen LogP contribution in [0.1, 0.15) is 30.4 Å². The van der Waals surface area contributed by atoms with E-state index in [-0.39, 0.29) is 12.1 Å². The molecular weight excluding hydrogens is 303 g/mol. The molecule has 0 aliphatic heterocycles. The number of furan rings is 1. The van der Waals surface area contributed by atoms with Gasteiger partial charge in [0.15, 0.2) is 0 Å². The zero-order chi connectivity index (χ0) is 16.8. The van der Waals surface area contributed by atoms with E-state index in [1.807, 2.05) is 0 Å². The van der Waals surface area contributed by atoms with Crippen LogP contribution < -0.4 is 15.4 Å². The van der Waals surface area contributed by atoms with Crippen molar-refractivity contribution in [2.75, 3.05) is 13.7 Å². The number of nitrogens with one attached hydrogen (secondary N) is 2. The molecule has 7 heteroatoms. The highest BCUT2D eigenvalue weighted by Gasteiger charge is 2.19. The lowest BCUT2D eigenvalue weighted by Gasteiger charge is -2.19. The van der Waals surface area contributed by atoms with E-state index in [1.54, 1.807) is 25.1 Å². The number of hydrogen-bond acceptors (Lipinski definition) is 4. The number of benzene rings is 1. The lowest BCUT2D eigenvalue weighted by molar-refractivity contribution is 0.147. The average Bonchev–Trinajstić information content (AvgIpc) is 3.06. The summed E-state index contributed by atoms with van der Waals surface area (Å²) in [5.41, 5.74) is 0.261. The topological polar surface area (TPSA) is 83.7 Å². The first kappa shape index (κ1) is 16.8. The summed E-state index contributed by atoms with van der Waals surface area (Å²) in [4.78, 5) is 11.9. The van der Waals surface area contributed by atoms with Gasteiger partial charge in [-0.05, 0) is 31.2 Å². The number of rotatable bonds is 6. The van der Waals surface area contributed by atoms with Gasteiger partial charge in [-0.2, -0.15) is 0 Å². The second-order valence-electron chi connectivity index (χ2n) is 4.96. The maximum Gasteiger partial charge on any atom is 0.315 e. The minimum atomic E-state index is -0.950. The van der Waals surface area contributed by atoms with E-state index in [2.05, 4.69) is 10.6 Å². The lowest BCUT2D eigenvalue weighted by Crippen LogP contribution is -2.39. The Morgan fingerprint density at radius 3 is 2.83 bits per heavy atom. The summed E-state index contributed by atoms with van der Waals surface area (Å²) in [6, 6.07) is 6.57. The van der Waals surface area contributed by atoms with E-state index in [0.29, 0.717) is 11.5 Å². The van der Waals surface area contributed by atoms with Crippen LogP contribution in [-0.2, 0) is 0 Å². The molecule has 0 radical (unpaired) electrons. The molecular formula is C16H19FN2O4. The third-order valence-corrected chi connectivity index (χ3v) is 3.34. The smallest absolute Gasteiger partial charge is 0.315 e. The van der Waals surface area contributed by atoms with Gasteiger partial charge in [0.2, 0.25) is 0 Å². The quantitative estimate of drug-likeness (QED) is 0.763. The third-order valence-electron chi connectivity index (χ3n) is 3.34. The van der Waals surface area contributed by atoms with Crippen molar-refractivity contribution in [2.24, 2.45) is 0 Å². The van der Waals surface area contributed by atoms with Gasteiger partial charge in [0.05, 0.1) is 31.5 Å². The standard InChI is InChI=1S/C16H19FN2O4/c1-10(15-11(17)5-3-6-14(15)22-2)19-16(21)18-9-12(20)13-7-4-8-23-13/h3-8,10,12,20H,9H2,1-2H3,(H2,18,19,21)/t10-,12-/m0/s1. The Morgan fingerprint density at radius 2 is 2.17 bits per heavy atom. The minimum Gasteiger partial charge on any atom is -0.496 e. The predicted molar refractivity (Wildman–Crippen MR) is 81.6 cm³/mol. The maximum atomic E-state index is 13.9. The van der Waals surface area contributed by atoms with Crippen LogP contribution in [0.15, 0.2) is 41.0 Å². The van der Waals surface area contributed by atoms with Crippen LogP contribution in [0.3, 0.4) is 0 Å². The van der Waals surface area contributed by atoms with Gasteiger partial charge in [0.1, 0.15) is 23.4 Å². The van der Waals surface area contributed by atoms with Crippen molar-refractivity contribution in [2.45, 2.75) is 19.1 Å². The normalized spacial score (nSPS) is 13.2. The van der Waals surface area contributed by atoms with E-state index in [1.165, 1.54) is 25.5 Å². The molecule has 0 fully saturated rings. The SMILES string of the molecule is COc1cccc(F)c1[C@H](C)NC(=O)NC[C@H](O)c1ccco1. The number of ether oxygens (including phenoxy) is 1. The largest absolute Gasteiger partial charge is 0.496 e. The van der Waals surface area contributed by atoms with Crippen molar-refractivity contribution in [1.82, 2.24) is 10.6 Å². The van der Waals surface area contributed by atoms with Crippen LogP contribution >= 0.6 is 0 Å². The molecule has 23 heavy (non-hydrogen) atoms. The highest BCUT2D eigenvalue weighted by Crippen LogP contribution is 2.27. The molecule has 2 atom stereocenters. The number of hydrogen-bond donors (Lipinski definition) is 3. The van der Waals surface area contributed by atoms with E-state index in [0.717, 1.165) is 0 Å². The van der Waals surface area contributed by atoms with Crippen LogP contribution in [0.5, 0.6) is 5.75 Å². The fraction of sp³-hybridized carbons (Fsp3) is 0.312. The number of amides is 2. The first-order valence-electron chi connectivity index (χ1n) is 7.11. The van der Waals surface area contributed by atoms with Gasteiger partial charge in [0.25, 0.3) is 0 Å². The summed E-state index contributed by atoms with van der Waals surface area (Å²) < 4.78 is 24.1. The Hall–Kier alpha value is -2.54. The number of carbonyl (C=O) groups excluding carboxylic acids is 1. The van der Waals surface area contributed by atoms with Gasteiger partial charge < -0.3 is 24.9 Å². The zero-order valence-electron chi connectivity index (χ0n) is 12.9. The molecule has 2 amide bonds. The third kappa shape index (κ3) is 4.23. The van der Waals surface area contributed by atoms with Gasteiger partial charge in [-0.1, -0.05) is 6.07 Å². The molecule has 0 spiro atoms. The molecule has 2 rings (SSSR count). The summed E-state index contributed by atoms with van der Waals surface area (Å²) in [6.07, 6.45) is 0.486. The fourth-order valence-electron chi connectivity index (χ4n) is 2.21. The molecule has 1 aromatic heterocycles. The van der Waals surface area contributed by atoms with E-state index in [4.69, 9.17) is 9.15 Å².